The number of epoxide rings is 4. The Morgan fingerprint density at radius 3 is 1.58 bits per heavy atom. The van der Waals surface area contributed by atoms with E-state index in [0.29, 0.717) is 73.9 Å². The number of anilines is 2. The summed E-state index contributed by atoms with van der Waals surface area (Å²) in [5, 5.41) is 0. The Bertz CT molecular complexity index is 1180. The lowest BCUT2D eigenvalue weighted by atomic mass is 9.87. The number of hydrogen-bond acceptors (Lipinski definition) is 8. The van der Waals surface area contributed by atoms with E-state index in [1.54, 1.807) is 24.3 Å². The van der Waals surface area contributed by atoms with Gasteiger partial charge < -0.3 is 30.4 Å². The Morgan fingerprint density at radius 1 is 0.667 bits per heavy atom. The smallest absolute Gasteiger partial charge is 0.207 e. The van der Waals surface area contributed by atoms with Crippen LogP contribution in [0.2, 0.25) is 0 Å². The number of nitrogens with two attached hydrogens (primary N) is 2. The Labute approximate surface area is 193 Å². The van der Waals surface area contributed by atoms with Crippen LogP contribution in [0.4, 0.5) is 11.4 Å². The van der Waals surface area contributed by atoms with Crippen LogP contribution >= 0.6 is 0 Å². The van der Waals surface area contributed by atoms with Crippen molar-refractivity contribution in [1.82, 2.24) is 0 Å². The molecule has 4 aliphatic rings. The molecule has 33 heavy (non-hydrogen) atoms. The minimum atomic E-state index is -3.86. The lowest BCUT2D eigenvalue weighted by Crippen LogP contribution is -2.21. The van der Waals surface area contributed by atoms with Gasteiger partial charge in [0.2, 0.25) is 9.84 Å². The van der Waals surface area contributed by atoms with E-state index in [1.807, 2.05) is 0 Å². The van der Waals surface area contributed by atoms with Crippen molar-refractivity contribution in [3.05, 3.63) is 46.5 Å². The third-order valence-corrected chi connectivity index (χ3v) is 8.65. The topological polar surface area (TPSA) is 136 Å². The third kappa shape index (κ3) is 4.48. The number of benzene rings is 2. The first-order chi connectivity index (χ1) is 15.9. The molecule has 4 heterocycles. The summed E-state index contributed by atoms with van der Waals surface area (Å²) in [7, 11) is -3.86. The second-order valence-electron chi connectivity index (χ2n) is 9.37. The van der Waals surface area contributed by atoms with E-state index < -0.39 is 9.84 Å². The zero-order valence-corrected chi connectivity index (χ0v) is 19.1. The van der Waals surface area contributed by atoms with E-state index in [9.17, 15) is 8.42 Å². The lowest BCUT2D eigenvalue weighted by molar-refractivity contribution is 0.396. The van der Waals surface area contributed by atoms with Crippen molar-refractivity contribution in [2.45, 2.75) is 59.9 Å². The van der Waals surface area contributed by atoms with Crippen LogP contribution in [-0.4, -0.2) is 59.3 Å². The average molecular weight is 473 g/mol. The summed E-state index contributed by atoms with van der Waals surface area (Å²) >= 11 is 0. The summed E-state index contributed by atoms with van der Waals surface area (Å²) in [6.45, 7) is 2.62. The Morgan fingerprint density at radius 2 is 1.09 bits per heavy atom. The van der Waals surface area contributed by atoms with Crippen LogP contribution in [0.5, 0.6) is 0 Å². The molecular weight excluding hydrogens is 444 g/mol. The SMILES string of the molecule is Nc1ccc(S(=O)(=O)c2c(CC3CO3)c(N)c(CC3CO3)c(CC3CO3)c2CC2CO2)cc1. The molecule has 9 heteroatoms. The van der Waals surface area contributed by atoms with Crippen LogP contribution in [-0.2, 0) is 54.5 Å². The van der Waals surface area contributed by atoms with Gasteiger partial charge in [0.05, 0.1) is 60.6 Å². The first-order valence-electron chi connectivity index (χ1n) is 11.4. The predicted molar refractivity (Wildman–Crippen MR) is 121 cm³/mol. The van der Waals surface area contributed by atoms with Gasteiger partial charge in [-0.05, 0) is 46.5 Å². The van der Waals surface area contributed by atoms with Crippen molar-refractivity contribution in [3.8, 4) is 0 Å². The molecule has 8 nitrogen and oxygen atoms in total. The average Bonchev–Trinajstić information content (AvgIpc) is 3.61. The van der Waals surface area contributed by atoms with E-state index in [2.05, 4.69) is 0 Å². The highest BCUT2D eigenvalue weighted by molar-refractivity contribution is 7.91. The maximum atomic E-state index is 14.1. The van der Waals surface area contributed by atoms with Crippen molar-refractivity contribution in [2.24, 2.45) is 0 Å². The molecule has 0 radical (unpaired) electrons. The molecule has 4 saturated heterocycles. The molecule has 4 atom stereocenters. The highest BCUT2D eigenvalue weighted by atomic mass is 32.2. The molecule has 176 valence electrons. The molecule has 4 fully saturated rings. The second kappa shape index (κ2) is 7.95. The molecule has 0 saturated carbocycles. The van der Waals surface area contributed by atoms with Crippen molar-refractivity contribution < 1.29 is 27.4 Å². The van der Waals surface area contributed by atoms with Crippen molar-refractivity contribution in [3.63, 3.8) is 0 Å². The van der Waals surface area contributed by atoms with Gasteiger partial charge in [-0.2, -0.15) is 0 Å². The van der Waals surface area contributed by atoms with Gasteiger partial charge in [-0.1, -0.05) is 0 Å². The number of rotatable bonds is 10. The number of ether oxygens (including phenoxy) is 4. The van der Waals surface area contributed by atoms with Crippen LogP contribution in [0.15, 0.2) is 34.1 Å². The van der Waals surface area contributed by atoms with E-state index >= 15 is 0 Å². The van der Waals surface area contributed by atoms with E-state index in [4.69, 9.17) is 30.4 Å². The van der Waals surface area contributed by atoms with Crippen LogP contribution < -0.4 is 11.5 Å². The first-order valence-corrected chi connectivity index (χ1v) is 12.9. The molecule has 0 spiro atoms. The zero-order valence-electron chi connectivity index (χ0n) is 18.3. The summed E-state index contributed by atoms with van der Waals surface area (Å²) < 4.78 is 50.3. The Balaban J connectivity index is 1.59. The largest absolute Gasteiger partial charge is 0.399 e. The van der Waals surface area contributed by atoms with E-state index in [-0.39, 0.29) is 29.3 Å². The van der Waals surface area contributed by atoms with Crippen LogP contribution in [0.3, 0.4) is 0 Å². The van der Waals surface area contributed by atoms with E-state index in [1.165, 1.54) is 0 Å². The predicted octanol–water partition coefficient (Wildman–Crippen LogP) is 1.45. The third-order valence-electron chi connectivity index (χ3n) is 6.72. The monoisotopic (exact) mass is 472 g/mol. The van der Waals surface area contributed by atoms with Gasteiger partial charge in [-0.25, -0.2) is 8.42 Å². The summed E-state index contributed by atoms with van der Waals surface area (Å²) in [6, 6.07) is 6.35. The van der Waals surface area contributed by atoms with Crippen molar-refractivity contribution >= 4 is 21.2 Å². The molecule has 0 amide bonds. The van der Waals surface area contributed by atoms with Crippen LogP contribution in [0, 0.1) is 0 Å². The van der Waals surface area contributed by atoms with Gasteiger partial charge in [0, 0.05) is 37.1 Å². The molecule has 0 aliphatic carbocycles. The van der Waals surface area contributed by atoms with Gasteiger partial charge in [-0.15, -0.1) is 0 Å². The fraction of sp³-hybridized carbons (Fsp3) is 0.500. The van der Waals surface area contributed by atoms with Crippen molar-refractivity contribution in [2.75, 3.05) is 37.9 Å². The number of nitrogen functional groups attached to an aromatic ring is 2. The minimum absolute atomic E-state index is 0.0136. The minimum Gasteiger partial charge on any atom is -0.399 e. The Kier molecular flexibility index (Phi) is 5.15. The molecule has 2 aromatic carbocycles. The zero-order chi connectivity index (χ0) is 22.7. The molecule has 4 aliphatic heterocycles. The van der Waals surface area contributed by atoms with Gasteiger partial charge in [-0.3, -0.25) is 0 Å². The lowest BCUT2D eigenvalue weighted by Gasteiger charge is -2.25. The quantitative estimate of drug-likeness (QED) is 0.392. The van der Waals surface area contributed by atoms with E-state index in [0.717, 1.165) is 16.7 Å². The van der Waals surface area contributed by atoms with Gasteiger partial charge >= 0.3 is 0 Å². The second-order valence-corrected chi connectivity index (χ2v) is 11.3. The summed E-state index contributed by atoms with van der Waals surface area (Å²) in [5.74, 6) is 0. The normalized spacial score (nSPS) is 27.4. The van der Waals surface area contributed by atoms with Crippen LogP contribution in [0.1, 0.15) is 22.3 Å². The summed E-state index contributed by atoms with van der Waals surface area (Å²) in [5.41, 5.74) is 17.1. The highest BCUT2D eigenvalue weighted by Gasteiger charge is 2.39. The molecule has 0 bridgehead atoms. The van der Waals surface area contributed by atoms with Crippen molar-refractivity contribution in [1.29, 1.82) is 0 Å². The number of hydrogen-bond donors (Lipinski definition) is 2. The fourth-order valence-electron chi connectivity index (χ4n) is 4.61. The maximum absolute atomic E-state index is 14.1. The molecule has 0 aromatic heterocycles. The Hall–Kier alpha value is -2.17. The highest BCUT2D eigenvalue weighted by Crippen LogP contribution is 2.42. The molecular formula is C24H28N2O6S. The van der Waals surface area contributed by atoms with Crippen LogP contribution in [0.25, 0.3) is 0 Å². The molecule has 4 unspecified atom stereocenters. The molecule has 6 rings (SSSR count). The van der Waals surface area contributed by atoms with Gasteiger partial charge in [0.25, 0.3) is 0 Å². The van der Waals surface area contributed by atoms with Gasteiger partial charge in [0.15, 0.2) is 0 Å². The molecule has 4 N–H and O–H groups in total. The summed E-state index contributed by atoms with van der Waals surface area (Å²) in [6.07, 6.45) is 2.53. The van der Waals surface area contributed by atoms with Gasteiger partial charge in [0.1, 0.15) is 0 Å². The maximum Gasteiger partial charge on any atom is 0.207 e. The first kappa shape index (κ1) is 21.4. The fourth-order valence-corrected chi connectivity index (χ4v) is 6.39. The summed E-state index contributed by atoms with van der Waals surface area (Å²) in [4.78, 5) is 0.519. The molecule has 2 aromatic rings. The number of sulfone groups is 1. The standard InChI is InChI=1S/C24H28N2O6S/c25-13-1-3-18(4-2-13)33(27,28)24-21(7-16-11-31-16)19(5-14-9-29-14)20(6-15-10-30-15)23(26)22(24)8-17-12-32-17/h1-4,14-17H,5-12,25-26H2.